The Balaban J connectivity index is 1.45. The molecule has 166 valence electrons. The molecule has 2 aromatic carbocycles. The first kappa shape index (κ1) is 21.8. The van der Waals surface area contributed by atoms with E-state index in [0.717, 1.165) is 45.0 Å². The molecule has 0 bridgehead atoms. The van der Waals surface area contributed by atoms with Gasteiger partial charge in [-0.25, -0.2) is 0 Å². The van der Waals surface area contributed by atoms with Gasteiger partial charge in [0.15, 0.2) is 0 Å². The molecule has 31 heavy (non-hydrogen) atoms. The minimum Gasteiger partial charge on any atom is -0.497 e. The number of benzene rings is 2. The maximum absolute atomic E-state index is 13.1. The van der Waals surface area contributed by atoms with Gasteiger partial charge in [-0.15, -0.1) is 0 Å². The van der Waals surface area contributed by atoms with Crippen molar-refractivity contribution in [2.24, 2.45) is 0 Å². The Morgan fingerprint density at radius 2 is 1.45 bits per heavy atom. The van der Waals surface area contributed by atoms with Gasteiger partial charge in [0.25, 0.3) is 0 Å². The molecule has 2 aliphatic rings. The van der Waals surface area contributed by atoms with Gasteiger partial charge in [-0.05, 0) is 30.2 Å². The van der Waals surface area contributed by atoms with E-state index in [4.69, 9.17) is 9.47 Å². The van der Waals surface area contributed by atoms with Crippen LogP contribution in [0.3, 0.4) is 0 Å². The molecule has 2 heterocycles. The Hall–Kier alpha value is -2.41. The number of amides is 1. The summed E-state index contributed by atoms with van der Waals surface area (Å²) in [5.74, 6) is 1.10. The van der Waals surface area contributed by atoms with E-state index in [1.54, 1.807) is 7.11 Å². The van der Waals surface area contributed by atoms with Crippen LogP contribution < -0.4 is 4.74 Å². The number of rotatable bonds is 6. The fraction of sp³-hybridized carbons (Fsp3) is 0.480. The van der Waals surface area contributed by atoms with E-state index in [9.17, 15) is 4.79 Å². The maximum Gasteiger partial charge on any atom is 0.239 e. The Kier molecular flexibility index (Phi) is 7.22. The molecule has 0 aromatic heterocycles. The first-order valence-corrected chi connectivity index (χ1v) is 11.2. The Labute approximate surface area is 185 Å². The monoisotopic (exact) mass is 423 g/mol. The Bertz CT molecular complexity index is 829. The van der Waals surface area contributed by atoms with E-state index in [2.05, 4.69) is 52.3 Å². The topological polar surface area (TPSA) is 45.2 Å². The molecule has 1 amide bonds. The van der Waals surface area contributed by atoms with Crippen molar-refractivity contribution in [1.82, 2.24) is 14.7 Å². The highest BCUT2D eigenvalue weighted by Crippen LogP contribution is 2.30. The van der Waals surface area contributed by atoms with Crippen molar-refractivity contribution in [3.63, 3.8) is 0 Å². The van der Waals surface area contributed by atoms with E-state index < -0.39 is 0 Å². The van der Waals surface area contributed by atoms with E-state index >= 15 is 0 Å². The Morgan fingerprint density at radius 3 is 2.06 bits per heavy atom. The van der Waals surface area contributed by atoms with Crippen LogP contribution in [-0.4, -0.2) is 86.2 Å². The van der Waals surface area contributed by atoms with Crippen LogP contribution in [0.1, 0.15) is 24.1 Å². The molecule has 2 aromatic rings. The summed E-state index contributed by atoms with van der Waals surface area (Å²) in [7, 11) is 1.69. The lowest BCUT2D eigenvalue weighted by Crippen LogP contribution is -2.56. The predicted molar refractivity (Wildman–Crippen MR) is 121 cm³/mol. The molecule has 6 nitrogen and oxygen atoms in total. The van der Waals surface area contributed by atoms with Crippen molar-refractivity contribution in [3.05, 3.63) is 65.7 Å². The highest BCUT2D eigenvalue weighted by molar-refractivity contribution is 5.81. The molecule has 0 unspecified atom stereocenters. The molecular weight excluding hydrogens is 390 g/mol. The third kappa shape index (κ3) is 5.09. The van der Waals surface area contributed by atoms with Gasteiger partial charge >= 0.3 is 0 Å². The molecule has 0 spiro atoms. The molecule has 6 heteroatoms. The van der Waals surface area contributed by atoms with Crippen molar-refractivity contribution in [1.29, 1.82) is 0 Å². The quantitative estimate of drug-likeness (QED) is 0.715. The number of hydrogen-bond acceptors (Lipinski definition) is 5. The maximum atomic E-state index is 13.1. The highest BCUT2D eigenvalue weighted by atomic mass is 16.5. The van der Waals surface area contributed by atoms with Crippen molar-refractivity contribution < 1.29 is 14.3 Å². The van der Waals surface area contributed by atoms with Gasteiger partial charge in [0.05, 0.1) is 32.4 Å². The summed E-state index contributed by atoms with van der Waals surface area (Å²) in [5.41, 5.74) is 2.52. The number of ether oxygens (including phenoxy) is 2. The number of carbonyl (C=O) groups excluding carboxylic acids is 1. The second-order valence-corrected chi connectivity index (χ2v) is 8.27. The zero-order valence-corrected chi connectivity index (χ0v) is 18.6. The van der Waals surface area contributed by atoms with Crippen molar-refractivity contribution in [3.8, 4) is 5.75 Å². The summed E-state index contributed by atoms with van der Waals surface area (Å²) in [4.78, 5) is 19.9. The SMILES string of the molecule is COc1ccc([C@@H](c2ccccc2)N2CCN(C(=O)[C@H](C)N3CCOCC3)CC2)cc1. The summed E-state index contributed by atoms with van der Waals surface area (Å²) in [5, 5.41) is 0. The molecular formula is C25H33N3O3. The van der Waals surface area contributed by atoms with Gasteiger partial charge in [0.1, 0.15) is 5.75 Å². The zero-order valence-electron chi connectivity index (χ0n) is 18.6. The molecule has 0 radical (unpaired) electrons. The average molecular weight is 424 g/mol. The van der Waals surface area contributed by atoms with Gasteiger partial charge in [0.2, 0.25) is 5.91 Å². The van der Waals surface area contributed by atoms with Crippen LogP contribution in [0.2, 0.25) is 0 Å². The van der Waals surface area contributed by atoms with Gasteiger partial charge in [-0.3, -0.25) is 14.6 Å². The number of carbonyl (C=O) groups is 1. The highest BCUT2D eigenvalue weighted by Gasteiger charge is 2.32. The Morgan fingerprint density at radius 1 is 0.839 bits per heavy atom. The molecule has 2 atom stereocenters. The fourth-order valence-corrected chi connectivity index (χ4v) is 4.62. The molecule has 0 aliphatic carbocycles. The molecule has 0 saturated carbocycles. The lowest BCUT2D eigenvalue weighted by Gasteiger charge is -2.42. The normalized spacial score (nSPS) is 20.3. The van der Waals surface area contributed by atoms with Crippen molar-refractivity contribution >= 4 is 5.91 Å². The van der Waals surface area contributed by atoms with Crippen molar-refractivity contribution in [2.45, 2.75) is 19.0 Å². The summed E-state index contributed by atoms with van der Waals surface area (Å²) in [6, 6.07) is 19.0. The summed E-state index contributed by atoms with van der Waals surface area (Å²) < 4.78 is 10.8. The second-order valence-electron chi connectivity index (χ2n) is 8.27. The average Bonchev–Trinajstić information content (AvgIpc) is 2.85. The number of hydrogen-bond donors (Lipinski definition) is 0. The van der Waals surface area contributed by atoms with Gasteiger partial charge in [-0.1, -0.05) is 42.5 Å². The minimum absolute atomic E-state index is 0.0815. The summed E-state index contributed by atoms with van der Waals surface area (Å²) in [6.07, 6.45) is 0. The molecule has 2 fully saturated rings. The van der Waals surface area contributed by atoms with Crippen LogP contribution in [-0.2, 0) is 9.53 Å². The molecule has 2 saturated heterocycles. The fourth-order valence-electron chi connectivity index (χ4n) is 4.62. The third-order valence-electron chi connectivity index (χ3n) is 6.49. The zero-order chi connectivity index (χ0) is 21.6. The minimum atomic E-state index is -0.0815. The van der Waals surface area contributed by atoms with E-state index in [1.807, 2.05) is 24.0 Å². The van der Waals surface area contributed by atoms with Crippen LogP contribution in [0, 0.1) is 0 Å². The standard InChI is InChI=1S/C25H33N3O3/c1-20(26-16-18-31-19-17-26)25(29)28-14-12-27(13-15-28)24(21-6-4-3-5-7-21)22-8-10-23(30-2)11-9-22/h3-11,20,24H,12-19H2,1-2H3/t20-,24+/m0/s1. The van der Waals surface area contributed by atoms with Crippen molar-refractivity contribution in [2.75, 3.05) is 59.6 Å². The first-order chi connectivity index (χ1) is 15.2. The van der Waals surface area contributed by atoms with Crippen LogP contribution in [0.25, 0.3) is 0 Å². The van der Waals surface area contributed by atoms with Crippen LogP contribution in [0.4, 0.5) is 0 Å². The lowest BCUT2D eigenvalue weighted by molar-refractivity contribution is -0.140. The number of methoxy groups -OCH3 is 1. The predicted octanol–water partition coefficient (Wildman–Crippen LogP) is 2.65. The number of morpholine rings is 1. The van der Waals surface area contributed by atoms with Gasteiger partial charge in [-0.2, -0.15) is 0 Å². The van der Waals surface area contributed by atoms with E-state index in [1.165, 1.54) is 11.1 Å². The van der Waals surface area contributed by atoms with Crippen LogP contribution in [0.5, 0.6) is 5.75 Å². The largest absolute Gasteiger partial charge is 0.497 e. The molecule has 2 aliphatic heterocycles. The number of piperazine rings is 1. The van der Waals surface area contributed by atoms with Gasteiger partial charge in [0, 0.05) is 39.3 Å². The summed E-state index contributed by atoms with van der Waals surface area (Å²) >= 11 is 0. The molecule has 4 rings (SSSR count). The molecule has 0 N–H and O–H groups in total. The van der Waals surface area contributed by atoms with Crippen LogP contribution >= 0.6 is 0 Å². The van der Waals surface area contributed by atoms with Gasteiger partial charge < -0.3 is 14.4 Å². The van der Waals surface area contributed by atoms with Crippen LogP contribution in [0.15, 0.2) is 54.6 Å². The lowest BCUT2D eigenvalue weighted by atomic mass is 9.96. The van der Waals surface area contributed by atoms with E-state index in [-0.39, 0.29) is 18.0 Å². The number of nitrogens with zero attached hydrogens (tertiary/aromatic N) is 3. The third-order valence-corrected chi connectivity index (χ3v) is 6.49. The smallest absolute Gasteiger partial charge is 0.239 e. The van der Waals surface area contributed by atoms with E-state index in [0.29, 0.717) is 13.2 Å². The first-order valence-electron chi connectivity index (χ1n) is 11.2. The second kappa shape index (κ2) is 10.3. The summed E-state index contributed by atoms with van der Waals surface area (Å²) in [6.45, 7) is 8.35.